The van der Waals surface area contributed by atoms with Crippen LogP contribution in [0, 0.1) is 5.82 Å². The van der Waals surface area contributed by atoms with Gasteiger partial charge in [-0.1, -0.05) is 24.6 Å². The monoisotopic (exact) mass is 495 g/mol. The smallest absolute Gasteiger partial charge is 0.348 e. The third-order valence-corrected chi connectivity index (χ3v) is 6.31. The van der Waals surface area contributed by atoms with E-state index in [0.29, 0.717) is 17.6 Å². The molecule has 35 heavy (non-hydrogen) atoms. The number of anilines is 1. The number of aryl methyl sites for hydroxylation is 2. The predicted octanol–water partition coefficient (Wildman–Crippen LogP) is 4.03. The van der Waals surface area contributed by atoms with Crippen LogP contribution in [0.15, 0.2) is 41.3 Å². The number of aromatic amines is 1. The van der Waals surface area contributed by atoms with Gasteiger partial charge >= 0.3 is 5.69 Å². The summed E-state index contributed by atoms with van der Waals surface area (Å²) in [6.45, 7) is 2.56. The number of benzene rings is 2. The zero-order valence-corrected chi connectivity index (χ0v) is 20.1. The van der Waals surface area contributed by atoms with Crippen molar-refractivity contribution < 1.29 is 9.13 Å². The van der Waals surface area contributed by atoms with Gasteiger partial charge in [-0.25, -0.2) is 14.2 Å². The van der Waals surface area contributed by atoms with Gasteiger partial charge in [-0.15, -0.1) is 0 Å². The highest BCUT2D eigenvalue weighted by Gasteiger charge is 2.16. The number of H-pyrrole nitrogens is 1. The minimum atomic E-state index is -0.569. The summed E-state index contributed by atoms with van der Waals surface area (Å²) in [5.74, 6) is 0.814. The summed E-state index contributed by atoms with van der Waals surface area (Å²) in [6.07, 6.45) is 2.64. The van der Waals surface area contributed by atoms with E-state index in [1.54, 1.807) is 16.9 Å². The van der Waals surface area contributed by atoms with E-state index in [4.69, 9.17) is 21.3 Å². The van der Waals surface area contributed by atoms with E-state index < -0.39 is 11.5 Å². The van der Waals surface area contributed by atoms with Crippen molar-refractivity contribution in [2.75, 3.05) is 12.4 Å². The Bertz CT molecular complexity index is 1620. The molecule has 0 aliphatic heterocycles. The summed E-state index contributed by atoms with van der Waals surface area (Å²) in [5, 5.41) is 8.35. The molecule has 0 saturated heterocycles. The lowest BCUT2D eigenvalue weighted by Crippen LogP contribution is -2.14. The van der Waals surface area contributed by atoms with Gasteiger partial charge in [-0.05, 0) is 29.8 Å². The number of halogens is 2. The highest BCUT2D eigenvalue weighted by molar-refractivity contribution is 6.31. The maximum atomic E-state index is 14.7. The molecule has 3 aromatic heterocycles. The largest absolute Gasteiger partial charge is 0.494 e. The minimum absolute atomic E-state index is 0.00864. The highest BCUT2D eigenvalue weighted by Crippen LogP contribution is 2.28. The van der Waals surface area contributed by atoms with Crippen molar-refractivity contribution >= 4 is 39.5 Å². The molecule has 0 spiro atoms. The fourth-order valence-electron chi connectivity index (χ4n) is 4.16. The lowest BCUT2D eigenvalue weighted by atomic mass is 10.2. The molecule has 0 radical (unpaired) electrons. The molecular formula is C24H23ClFN7O2. The number of fused-ring (bicyclic) bond motifs is 2. The predicted molar refractivity (Wildman–Crippen MR) is 133 cm³/mol. The number of imidazole rings is 1. The van der Waals surface area contributed by atoms with Crippen molar-refractivity contribution in [3.63, 3.8) is 0 Å². The maximum Gasteiger partial charge on any atom is 0.348 e. The standard InChI is InChI=1S/C24H23ClFN7O2/c1-4-20-28-17-9-13(5-7-18(17)32(20)2)11-33-12-15-22(29-24(34)30-23(15)31-33)27-10-14-16(25)6-8-19(35-3)21(14)26/h5-9,12H,4,10-11H2,1-3H3,(H2,27,29,30,31,34). The number of hydrogen-bond acceptors (Lipinski definition) is 6. The normalized spacial score (nSPS) is 11.5. The van der Waals surface area contributed by atoms with Crippen LogP contribution in [0.25, 0.3) is 22.1 Å². The van der Waals surface area contributed by atoms with Gasteiger partial charge in [0.05, 0.1) is 30.1 Å². The molecule has 5 aromatic rings. The lowest BCUT2D eigenvalue weighted by Gasteiger charge is -2.11. The van der Waals surface area contributed by atoms with Gasteiger partial charge in [0, 0.05) is 36.8 Å². The summed E-state index contributed by atoms with van der Waals surface area (Å²) < 4.78 is 23.5. The second-order valence-corrected chi connectivity index (χ2v) is 8.55. The summed E-state index contributed by atoms with van der Waals surface area (Å²) >= 11 is 6.18. The molecule has 0 unspecified atom stereocenters. The van der Waals surface area contributed by atoms with Gasteiger partial charge < -0.3 is 14.6 Å². The molecule has 0 fully saturated rings. The Morgan fingerprint density at radius 3 is 2.83 bits per heavy atom. The Morgan fingerprint density at radius 2 is 2.06 bits per heavy atom. The van der Waals surface area contributed by atoms with E-state index in [-0.39, 0.29) is 28.7 Å². The minimum Gasteiger partial charge on any atom is -0.494 e. The zero-order chi connectivity index (χ0) is 24.7. The zero-order valence-electron chi connectivity index (χ0n) is 19.4. The number of hydrogen-bond donors (Lipinski definition) is 2. The van der Waals surface area contributed by atoms with Gasteiger partial charge in [-0.3, -0.25) is 9.67 Å². The van der Waals surface area contributed by atoms with Crippen LogP contribution in [0.1, 0.15) is 23.9 Å². The molecule has 5 rings (SSSR count). The maximum absolute atomic E-state index is 14.7. The van der Waals surface area contributed by atoms with Crippen molar-refractivity contribution in [2.45, 2.75) is 26.4 Å². The fourth-order valence-corrected chi connectivity index (χ4v) is 4.37. The van der Waals surface area contributed by atoms with Gasteiger partial charge in [0.25, 0.3) is 0 Å². The summed E-state index contributed by atoms with van der Waals surface area (Å²) in [7, 11) is 3.39. The first-order chi connectivity index (χ1) is 16.9. The number of methoxy groups -OCH3 is 1. The van der Waals surface area contributed by atoms with Gasteiger partial charge in [0.2, 0.25) is 0 Å². The van der Waals surface area contributed by atoms with Crippen molar-refractivity contribution in [2.24, 2.45) is 7.05 Å². The average Bonchev–Trinajstić information content (AvgIpc) is 3.38. The third kappa shape index (κ3) is 4.21. The van der Waals surface area contributed by atoms with E-state index in [1.807, 2.05) is 25.2 Å². The van der Waals surface area contributed by atoms with E-state index >= 15 is 0 Å². The van der Waals surface area contributed by atoms with Gasteiger partial charge in [0.1, 0.15) is 11.6 Å². The Hall–Kier alpha value is -3.92. The number of nitrogens with one attached hydrogen (secondary N) is 2. The van der Waals surface area contributed by atoms with Crippen molar-refractivity contribution in [3.05, 3.63) is 74.8 Å². The SMILES string of the molecule is CCc1nc2cc(Cn3cc4c(NCc5c(Cl)ccc(OC)c5F)nc(=O)[nH]c4n3)ccc2n1C. The Kier molecular flexibility index (Phi) is 5.89. The average molecular weight is 496 g/mol. The van der Waals surface area contributed by atoms with Gasteiger partial charge in [0.15, 0.2) is 17.2 Å². The molecule has 0 bridgehead atoms. The Morgan fingerprint density at radius 1 is 1.23 bits per heavy atom. The van der Waals surface area contributed by atoms with Crippen LogP contribution >= 0.6 is 11.6 Å². The molecule has 0 aliphatic rings. The summed E-state index contributed by atoms with van der Waals surface area (Å²) in [6, 6.07) is 9.13. The van der Waals surface area contributed by atoms with E-state index in [2.05, 4.69) is 31.9 Å². The summed E-state index contributed by atoms with van der Waals surface area (Å²) in [5.41, 5.74) is 3.03. The molecule has 3 heterocycles. The highest BCUT2D eigenvalue weighted by atomic mass is 35.5. The van der Waals surface area contributed by atoms with E-state index in [0.717, 1.165) is 28.8 Å². The van der Waals surface area contributed by atoms with E-state index in [1.165, 1.54) is 13.2 Å². The van der Waals surface area contributed by atoms with Crippen LogP contribution in [0.2, 0.25) is 5.02 Å². The number of nitrogens with zero attached hydrogens (tertiary/aromatic N) is 5. The molecule has 9 nitrogen and oxygen atoms in total. The van der Waals surface area contributed by atoms with E-state index in [9.17, 15) is 9.18 Å². The topological polar surface area (TPSA) is 103 Å². The second kappa shape index (κ2) is 9.03. The van der Waals surface area contributed by atoms with Crippen LogP contribution in [-0.2, 0) is 26.6 Å². The quantitative estimate of drug-likeness (QED) is 0.353. The number of rotatable bonds is 7. The molecule has 11 heteroatoms. The lowest BCUT2D eigenvalue weighted by molar-refractivity contribution is 0.384. The molecular weight excluding hydrogens is 473 g/mol. The molecule has 0 saturated carbocycles. The first kappa shape index (κ1) is 22.9. The molecule has 2 aromatic carbocycles. The first-order valence-electron chi connectivity index (χ1n) is 11.0. The Balaban J connectivity index is 1.44. The van der Waals surface area contributed by atoms with Crippen LogP contribution in [0.4, 0.5) is 10.2 Å². The van der Waals surface area contributed by atoms with Crippen molar-refractivity contribution in [3.8, 4) is 5.75 Å². The Labute approximate surface area is 204 Å². The molecule has 0 atom stereocenters. The van der Waals surface area contributed by atoms with Crippen LogP contribution in [0.5, 0.6) is 5.75 Å². The fraction of sp³-hybridized carbons (Fsp3) is 0.250. The summed E-state index contributed by atoms with van der Waals surface area (Å²) in [4.78, 5) is 23.5. The molecule has 2 N–H and O–H groups in total. The number of ether oxygens (including phenoxy) is 1. The first-order valence-corrected chi connectivity index (χ1v) is 11.4. The third-order valence-electron chi connectivity index (χ3n) is 5.96. The second-order valence-electron chi connectivity index (χ2n) is 8.14. The van der Waals surface area contributed by atoms with Crippen LogP contribution in [0.3, 0.4) is 0 Å². The van der Waals surface area contributed by atoms with Crippen molar-refractivity contribution in [1.29, 1.82) is 0 Å². The number of aromatic nitrogens is 6. The van der Waals surface area contributed by atoms with Crippen LogP contribution < -0.4 is 15.7 Å². The van der Waals surface area contributed by atoms with Crippen LogP contribution in [-0.4, -0.2) is 36.4 Å². The van der Waals surface area contributed by atoms with Crippen molar-refractivity contribution in [1.82, 2.24) is 29.3 Å². The molecule has 180 valence electrons. The molecule has 0 amide bonds. The van der Waals surface area contributed by atoms with Gasteiger partial charge in [-0.2, -0.15) is 10.1 Å². The molecule has 0 aliphatic carbocycles.